The van der Waals surface area contributed by atoms with E-state index < -0.39 is 6.16 Å². The van der Waals surface area contributed by atoms with E-state index in [9.17, 15) is 14.4 Å². The maximum atomic E-state index is 12.8. The molecule has 0 fully saturated rings. The summed E-state index contributed by atoms with van der Waals surface area (Å²) in [6.07, 6.45) is 3.07. The summed E-state index contributed by atoms with van der Waals surface area (Å²) in [5.74, 6) is -0.279. The number of amides is 2. The van der Waals surface area contributed by atoms with E-state index in [1.165, 1.54) is 12.1 Å². The molecule has 0 radical (unpaired) electrons. The van der Waals surface area contributed by atoms with Gasteiger partial charge in [0.15, 0.2) is 0 Å². The first-order valence-corrected chi connectivity index (χ1v) is 11.4. The topological polar surface area (TPSA) is 98.7 Å². The highest BCUT2D eigenvalue weighted by Gasteiger charge is 2.12. The summed E-state index contributed by atoms with van der Waals surface area (Å²) < 4.78 is 11.7. The average molecular weight is 484 g/mol. The molecule has 8 nitrogen and oxygen atoms in total. The largest absolute Gasteiger partial charge is 0.513 e. The molecule has 2 amide bonds. The number of carbonyl (C=O) groups is 3. The van der Waals surface area contributed by atoms with Gasteiger partial charge in [-0.1, -0.05) is 18.2 Å². The van der Waals surface area contributed by atoms with Gasteiger partial charge in [0.2, 0.25) is 0 Å². The van der Waals surface area contributed by atoms with Crippen molar-refractivity contribution in [2.45, 2.75) is 13.5 Å². The molecule has 3 aromatic carbocycles. The van der Waals surface area contributed by atoms with E-state index in [1.807, 2.05) is 53.4 Å². The number of anilines is 1. The Morgan fingerprint density at radius 3 is 2.11 bits per heavy atom. The number of rotatable bonds is 8. The quantitative estimate of drug-likeness (QED) is 0.265. The highest BCUT2D eigenvalue weighted by molar-refractivity contribution is 6.04. The lowest BCUT2D eigenvalue weighted by Crippen LogP contribution is -2.24. The van der Waals surface area contributed by atoms with Gasteiger partial charge >= 0.3 is 6.16 Å². The molecule has 0 saturated heterocycles. The Balaban J connectivity index is 1.36. The average Bonchev–Trinajstić information content (AvgIpc) is 3.44. The molecule has 1 heterocycles. The normalized spacial score (nSPS) is 10.4. The number of nitrogens with one attached hydrogen (secondary N) is 2. The van der Waals surface area contributed by atoms with Crippen molar-refractivity contribution in [1.82, 2.24) is 9.88 Å². The SMILES string of the molecule is CCOC(=O)Oc1ccc(C(=O)Nc2ccccc2CNC(=O)c2ccc(-n3cccc3)cc2)cc1. The summed E-state index contributed by atoms with van der Waals surface area (Å²) in [6.45, 7) is 2.13. The number of nitrogens with zero attached hydrogens (tertiary/aromatic N) is 1. The molecular weight excluding hydrogens is 458 g/mol. The number of hydrogen-bond acceptors (Lipinski definition) is 5. The molecule has 4 rings (SSSR count). The zero-order chi connectivity index (χ0) is 25.3. The lowest BCUT2D eigenvalue weighted by atomic mass is 10.1. The predicted octanol–water partition coefficient (Wildman–Crippen LogP) is 5.19. The monoisotopic (exact) mass is 483 g/mol. The van der Waals surface area contributed by atoms with Crippen molar-refractivity contribution in [1.29, 1.82) is 0 Å². The minimum Gasteiger partial charge on any atom is -0.434 e. The third-order valence-electron chi connectivity index (χ3n) is 5.32. The molecule has 0 aliphatic rings. The Morgan fingerprint density at radius 2 is 1.42 bits per heavy atom. The molecule has 36 heavy (non-hydrogen) atoms. The maximum absolute atomic E-state index is 12.8. The fourth-order valence-corrected chi connectivity index (χ4v) is 3.48. The number of carbonyl (C=O) groups excluding carboxylic acids is 3. The van der Waals surface area contributed by atoms with E-state index in [2.05, 4.69) is 10.6 Å². The minimum absolute atomic E-state index is 0.208. The van der Waals surface area contributed by atoms with Gasteiger partial charge in [-0.25, -0.2) is 4.79 Å². The van der Waals surface area contributed by atoms with Crippen molar-refractivity contribution in [3.63, 3.8) is 0 Å². The van der Waals surface area contributed by atoms with Crippen LogP contribution in [0.5, 0.6) is 5.75 Å². The van der Waals surface area contributed by atoms with Gasteiger partial charge in [0, 0.05) is 41.4 Å². The van der Waals surface area contributed by atoms with Crippen molar-refractivity contribution in [3.05, 3.63) is 114 Å². The van der Waals surface area contributed by atoms with Crippen LogP contribution in [0.4, 0.5) is 10.5 Å². The van der Waals surface area contributed by atoms with Gasteiger partial charge < -0.3 is 24.7 Å². The molecule has 0 aliphatic carbocycles. The third kappa shape index (κ3) is 6.18. The first-order chi connectivity index (χ1) is 17.5. The number of benzene rings is 3. The van der Waals surface area contributed by atoms with Crippen molar-refractivity contribution < 1.29 is 23.9 Å². The first kappa shape index (κ1) is 24.3. The molecule has 0 spiro atoms. The fourth-order valence-electron chi connectivity index (χ4n) is 3.48. The van der Waals surface area contributed by atoms with Crippen LogP contribution < -0.4 is 15.4 Å². The standard InChI is InChI=1S/C28H25N3O5/c1-2-35-28(34)36-24-15-11-21(12-16-24)27(33)30-25-8-4-3-7-22(25)19-29-26(32)20-9-13-23(14-10-20)31-17-5-6-18-31/h3-18H,2,19H2,1H3,(H,29,32)(H,30,33). The van der Waals surface area contributed by atoms with Crippen LogP contribution in [0.25, 0.3) is 5.69 Å². The smallest absolute Gasteiger partial charge is 0.434 e. The fraction of sp³-hybridized carbons (Fsp3) is 0.107. The molecule has 0 aliphatic heterocycles. The molecule has 0 atom stereocenters. The summed E-state index contributed by atoms with van der Waals surface area (Å²) in [4.78, 5) is 36.8. The van der Waals surface area contributed by atoms with Gasteiger partial charge in [-0.05, 0) is 79.2 Å². The van der Waals surface area contributed by atoms with Gasteiger partial charge in [0.25, 0.3) is 11.8 Å². The van der Waals surface area contributed by atoms with E-state index in [0.717, 1.165) is 11.3 Å². The van der Waals surface area contributed by atoms with Gasteiger partial charge in [0.1, 0.15) is 5.75 Å². The predicted molar refractivity (Wildman–Crippen MR) is 135 cm³/mol. The Bertz CT molecular complexity index is 1330. The van der Waals surface area contributed by atoms with E-state index in [0.29, 0.717) is 16.8 Å². The zero-order valence-corrected chi connectivity index (χ0v) is 19.6. The Kier molecular flexibility index (Phi) is 7.77. The van der Waals surface area contributed by atoms with Crippen molar-refractivity contribution in [2.75, 3.05) is 11.9 Å². The lowest BCUT2D eigenvalue weighted by molar-refractivity contribution is 0.0949. The van der Waals surface area contributed by atoms with Crippen LogP contribution in [-0.4, -0.2) is 29.1 Å². The van der Waals surface area contributed by atoms with Gasteiger partial charge in [-0.15, -0.1) is 0 Å². The van der Waals surface area contributed by atoms with Gasteiger partial charge in [-0.2, -0.15) is 0 Å². The second kappa shape index (κ2) is 11.5. The summed E-state index contributed by atoms with van der Waals surface area (Å²) in [7, 11) is 0. The van der Waals surface area contributed by atoms with Crippen LogP contribution in [0.1, 0.15) is 33.2 Å². The van der Waals surface area contributed by atoms with Crippen LogP contribution in [0.15, 0.2) is 97.3 Å². The summed E-state index contributed by atoms with van der Waals surface area (Å²) in [5.41, 5.74) is 3.22. The molecule has 2 N–H and O–H groups in total. The van der Waals surface area contributed by atoms with E-state index in [1.54, 1.807) is 43.3 Å². The minimum atomic E-state index is -0.803. The van der Waals surface area contributed by atoms with E-state index in [-0.39, 0.29) is 30.7 Å². The molecule has 8 heteroatoms. The Labute approximate surface area is 208 Å². The van der Waals surface area contributed by atoms with Crippen molar-refractivity contribution in [3.8, 4) is 11.4 Å². The highest BCUT2D eigenvalue weighted by atomic mass is 16.7. The van der Waals surface area contributed by atoms with Gasteiger partial charge in [-0.3, -0.25) is 9.59 Å². The van der Waals surface area contributed by atoms with Crippen LogP contribution in [0.3, 0.4) is 0 Å². The Hall–Kier alpha value is -4.85. The molecule has 4 aromatic rings. The van der Waals surface area contributed by atoms with Crippen LogP contribution in [0, 0.1) is 0 Å². The maximum Gasteiger partial charge on any atom is 0.513 e. The number of hydrogen-bond donors (Lipinski definition) is 2. The molecular formula is C28H25N3O5. The molecule has 182 valence electrons. The van der Waals surface area contributed by atoms with Gasteiger partial charge in [0.05, 0.1) is 6.61 Å². The van der Waals surface area contributed by atoms with E-state index >= 15 is 0 Å². The summed E-state index contributed by atoms with van der Waals surface area (Å²) in [5, 5.41) is 5.77. The Morgan fingerprint density at radius 1 is 0.778 bits per heavy atom. The number of ether oxygens (including phenoxy) is 2. The van der Waals surface area contributed by atoms with Crippen LogP contribution >= 0.6 is 0 Å². The third-order valence-corrected chi connectivity index (χ3v) is 5.32. The lowest BCUT2D eigenvalue weighted by Gasteiger charge is -2.13. The van der Waals surface area contributed by atoms with Crippen molar-refractivity contribution in [2.24, 2.45) is 0 Å². The summed E-state index contributed by atoms with van der Waals surface area (Å²) >= 11 is 0. The van der Waals surface area contributed by atoms with Crippen LogP contribution in [-0.2, 0) is 11.3 Å². The summed E-state index contributed by atoms with van der Waals surface area (Å²) in [6, 6.07) is 24.5. The molecule has 1 aromatic heterocycles. The highest BCUT2D eigenvalue weighted by Crippen LogP contribution is 2.18. The van der Waals surface area contributed by atoms with Crippen LogP contribution in [0.2, 0.25) is 0 Å². The van der Waals surface area contributed by atoms with E-state index in [4.69, 9.17) is 9.47 Å². The zero-order valence-electron chi connectivity index (χ0n) is 19.6. The molecule has 0 saturated carbocycles. The second-order valence-electron chi connectivity index (χ2n) is 7.74. The second-order valence-corrected chi connectivity index (χ2v) is 7.74. The van der Waals surface area contributed by atoms with Crippen molar-refractivity contribution >= 4 is 23.7 Å². The number of para-hydroxylation sites is 1. The molecule has 0 bridgehead atoms. The number of aromatic nitrogens is 1. The molecule has 0 unspecified atom stereocenters. The first-order valence-electron chi connectivity index (χ1n) is 11.4.